The number of rotatable bonds is 2. The lowest BCUT2D eigenvalue weighted by atomic mass is 10.00. The van der Waals surface area contributed by atoms with E-state index in [1.54, 1.807) is 12.1 Å². The molecule has 0 bridgehead atoms. The van der Waals surface area contributed by atoms with Crippen molar-refractivity contribution in [2.45, 2.75) is 70.6 Å². The Morgan fingerprint density at radius 2 is 1.39 bits per heavy atom. The summed E-state index contributed by atoms with van der Waals surface area (Å²) in [6.07, 6.45) is 13.6. The van der Waals surface area contributed by atoms with Crippen molar-refractivity contribution in [1.82, 2.24) is 5.43 Å². The van der Waals surface area contributed by atoms with Crippen molar-refractivity contribution in [3.05, 3.63) is 34.9 Å². The Labute approximate surface area is 144 Å². The van der Waals surface area contributed by atoms with E-state index in [0.717, 1.165) is 18.6 Å². The predicted octanol–water partition coefficient (Wildman–Crippen LogP) is 5.73. The molecule has 1 amide bonds. The molecule has 0 heterocycles. The second-order valence-electron chi connectivity index (χ2n) is 6.28. The van der Waals surface area contributed by atoms with Crippen LogP contribution in [-0.2, 0) is 0 Å². The van der Waals surface area contributed by atoms with Crippen LogP contribution in [0, 0.1) is 0 Å². The van der Waals surface area contributed by atoms with E-state index < -0.39 is 0 Å². The van der Waals surface area contributed by atoms with Crippen molar-refractivity contribution < 1.29 is 4.79 Å². The van der Waals surface area contributed by atoms with Gasteiger partial charge in [0.05, 0.1) is 10.6 Å². The van der Waals surface area contributed by atoms with Gasteiger partial charge in [-0.3, -0.25) is 4.79 Å². The Bertz CT molecular complexity index is 514. The Morgan fingerprint density at radius 3 is 1.96 bits per heavy atom. The monoisotopic (exact) mass is 334 g/mol. The first-order chi connectivity index (χ1) is 11.3. The van der Waals surface area contributed by atoms with Crippen LogP contribution in [0.4, 0.5) is 0 Å². The van der Waals surface area contributed by atoms with Crippen LogP contribution in [0.1, 0.15) is 81.0 Å². The molecule has 0 spiro atoms. The van der Waals surface area contributed by atoms with E-state index in [9.17, 15) is 4.79 Å². The van der Waals surface area contributed by atoms with Crippen molar-refractivity contribution in [3.63, 3.8) is 0 Å². The average molecular weight is 335 g/mol. The van der Waals surface area contributed by atoms with Gasteiger partial charge in [-0.2, -0.15) is 5.10 Å². The highest BCUT2D eigenvalue weighted by atomic mass is 35.5. The largest absolute Gasteiger partial charge is 0.272 e. The van der Waals surface area contributed by atoms with Gasteiger partial charge in [0.15, 0.2) is 0 Å². The normalized spacial score (nSPS) is 17.7. The van der Waals surface area contributed by atoms with Gasteiger partial charge in [0.1, 0.15) is 0 Å². The highest BCUT2D eigenvalue weighted by molar-refractivity contribution is 6.33. The number of carbonyl (C=O) groups excluding carboxylic acids is 1. The molecule has 0 aliphatic heterocycles. The lowest BCUT2D eigenvalue weighted by Crippen LogP contribution is -2.20. The standard InChI is InChI=1S/C19H27ClN2O/c20-18-15-11-10-14-17(18)19(23)22-21-16-12-8-6-4-2-1-3-5-7-9-13-16/h10-11,14-15H,1-9,12-13H2,(H,22,23). The number of hydrogen-bond acceptors (Lipinski definition) is 2. The zero-order valence-electron chi connectivity index (χ0n) is 13.8. The van der Waals surface area contributed by atoms with Gasteiger partial charge in [-0.1, -0.05) is 68.7 Å². The minimum Gasteiger partial charge on any atom is -0.267 e. The third kappa shape index (κ3) is 6.74. The second kappa shape index (κ2) is 10.4. The van der Waals surface area contributed by atoms with E-state index in [1.807, 2.05) is 12.1 Å². The minimum absolute atomic E-state index is 0.228. The Kier molecular flexibility index (Phi) is 8.16. The van der Waals surface area contributed by atoms with E-state index in [-0.39, 0.29) is 5.91 Å². The van der Waals surface area contributed by atoms with Gasteiger partial charge in [-0.15, -0.1) is 0 Å². The molecule has 0 aromatic heterocycles. The maximum Gasteiger partial charge on any atom is 0.272 e. The number of hydrazone groups is 1. The van der Waals surface area contributed by atoms with Crippen molar-refractivity contribution >= 4 is 23.2 Å². The number of halogens is 1. The molecule has 2 rings (SSSR count). The summed E-state index contributed by atoms with van der Waals surface area (Å²) in [4.78, 5) is 12.2. The molecule has 23 heavy (non-hydrogen) atoms. The first kappa shape index (κ1) is 18.0. The molecule has 1 fully saturated rings. The van der Waals surface area contributed by atoms with Crippen LogP contribution in [0.5, 0.6) is 0 Å². The molecule has 0 saturated heterocycles. The van der Waals surface area contributed by atoms with Gasteiger partial charge in [0, 0.05) is 5.71 Å². The number of hydrogen-bond donors (Lipinski definition) is 1. The van der Waals surface area contributed by atoms with Crippen LogP contribution in [-0.4, -0.2) is 11.6 Å². The molecule has 1 aliphatic rings. The fourth-order valence-corrected chi connectivity index (χ4v) is 3.19. The summed E-state index contributed by atoms with van der Waals surface area (Å²) in [5, 5.41) is 4.85. The van der Waals surface area contributed by atoms with Gasteiger partial charge in [0.25, 0.3) is 5.91 Å². The molecule has 4 heteroatoms. The van der Waals surface area contributed by atoms with Crippen LogP contribution in [0.25, 0.3) is 0 Å². The summed E-state index contributed by atoms with van der Waals surface area (Å²) in [6.45, 7) is 0. The molecular weight excluding hydrogens is 308 g/mol. The Hall–Kier alpha value is -1.35. The SMILES string of the molecule is O=C(NN=C1CCCCCCCCCCC1)c1ccccc1Cl. The van der Waals surface area contributed by atoms with Gasteiger partial charge < -0.3 is 0 Å². The first-order valence-corrected chi connectivity index (χ1v) is 9.25. The van der Waals surface area contributed by atoms with E-state index >= 15 is 0 Å². The van der Waals surface area contributed by atoms with Crippen LogP contribution in [0.2, 0.25) is 5.02 Å². The van der Waals surface area contributed by atoms with Crippen LogP contribution >= 0.6 is 11.6 Å². The highest BCUT2D eigenvalue weighted by Crippen LogP contribution is 2.16. The van der Waals surface area contributed by atoms with E-state index in [0.29, 0.717) is 10.6 Å². The molecule has 3 nitrogen and oxygen atoms in total. The molecule has 126 valence electrons. The Morgan fingerprint density at radius 1 is 0.870 bits per heavy atom. The Balaban J connectivity index is 1.91. The zero-order valence-corrected chi connectivity index (χ0v) is 14.6. The van der Waals surface area contributed by atoms with E-state index in [4.69, 9.17) is 11.6 Å². The van der Waals surface area contributed by atoms with Gasteiger partial charge >= 0.3 is 0 Å². The van der Waals surface area contributed by atoms with Crippen molar-refractivity contribution in [1.29, 1.82) is 0 Å². The highest BCUT2D eigenvalue weighted by Gasteiger charge is 2.09. The summed E-state index contributed by atoms with van der Waals surface area (Å²) in [7, 11) is 0. The predicted molar refractivity (Wildman–Crippen MR) is 97.1 cm³/mol. The summed E-state index contributed by atoms with van der Waals surface area (Å²) >= 11 is 6.05. The number of benzene rings is 1. The van der Waals surface area contributed by atoms with Gasteiger partial charge in [-0.05, 0) is 37.8 Å². The molecule has 1 aromatic carbocycles. The van der Waals surface area contributed by atoms with Gasteiger partial charge in [-0.25, -0.2) is 5.43 Å². The van der Waals surface area contributed by atoms with Crippen LogP contribution in [0.15, 0.2) is 29.4 Å². The van der Waals surface area contributed by atoms with E-state index in [1.165, 1.54) is 57.8 Å². The molecule has 0 unspecified atom stereocenters. The zero-order chi connectivity index (χ0) is 16.3. The summed E-state index contributed by atoms with van der Waals surface area (Å²) in [6, 6.07) is 7.07. The van der Waals surface area contributed by atoms with Crippen molar-refractivity contribution in [2.75, 3.05) is 0 Å². The van der Waals surface area contributed by atoms with E-state index in [2.05, 4.69) is 10.5 Å². The fourth-order valence-electron chi connectivity index (χ4n) is 2.97. The molecular formula is C19H27ClN2O. The summed E-state index contributed by atoms with van der Waals surface area (Å²) in [5.41, 5.74) is 4.28. The number of nitrogens with one attached hydrogen (secondary N) is 1. The summed E-state index contributed by atoms with van der Waals surface area (Å²) in [5.74, 6) is -0.228. The topological polar surface area (TPSA) is 41.5 Å². The summed E-state index contributed by atoms with van der Waals surface area (Å²) < 4.78 is 0. The maximum atomic E-state index is 12.2. The first-order valence-electron chi connectivity index (χ1n) is 8.87. The molecule has 1 saturated carbocycles. The molecule has 1 aliphatic carbocycles. The molecule has 1 aromatic rings. The van der Waals surface area contributed by atoms with Crippen molar-refractivity contribution in [3.8, 4) is 0 Å². The fraction of sp³-hybridized carbons (Fsp3) is 0.579. The molecule has 1 N–H and O–H groups in total. The van der Waals surface area contributed by atoms with Crippen LogP contribution in [0.3, 0.4) is 0 Å². The minimum atomic E-state index is -0.228. The smallest absolute Gasteiger partial charge is 0.267 e. The number of amides is 1. The lowest BCUT2D eigenvalue weighted by molar-refractivity contribution is 0.0954. The third-order valence-electron chi connectivity index (χ3n) is 4.36. The maximum absolute atomic E-state index is 12.2. The third-order valence-corrected chi connectivity index (χ3v) is 4.69. The number of nitrogens with zero attached hydrogens (tertiary/aromatic N) is 1. The average Bonchev–Trinajstić information content (AvgIpc) is 2.54. The molecule has 0 radical (unpaired) electrons. The quantitative estimate of drug-likeness (QED) is 0.689. The van der Waals surface area contributed by atoms with Crippen molar-refractivity contribution in [2.24, 2.45) is 5.10 Å². The van der Waals surface area contributed by atoms with Gasteiger partial charge in [0.2, 0.25) is 0 Å². The second-order valence-corrected chi connectivity index (χ2v) is 6.69. The molecule has 0 atom stereocenters. The van der Waals surface area contributed by atoms with Crippen LogP contribution < -0.4 is 5.43 Å². The number of carbonyl (C=O) groups is 1. The lowest BCUT2D eigenvalue weighted by Gasteiger charge is -2.10.